The van der Waals surface area contributed by atoms with Gasteiger partial charge in [-0.1, -0.05) is 6.07 Å². The van der Waals surface area contributed by atoms with Gasteiger partial charge in [0.05, 0.1) is 11.3 Å². The van der Waals surface area contributed by atoms with Crippen molar-refractivity contribution in [3.8, 4) is 0 Å². The van der Waals surface area contributed by atoms with Crippen LogP contribution in [0.2, 0.25) is 0 Å². The number of amides is 2. The summed E-state index contributed by atoms with van der Waals surface area (Å²) in [6.07, 6.45) is -4.43. The molecule has 0 radical (unpaired) electrons. The molecule has 0 saturated carbocycles. The van der Waals surface area contributed by atoms with E-state index < -0.39 is 17.8 Å². The molecule has 106 valence electrons. The van der Waals surface area contributed by atoms with Crippen LogP contribution in [-0.4, -0.2) is 13.1 Å². The van der Waals surface area contributed by atoms with E-state index in [9.17, 15) is 18.0 Å². The summed E-state index contributed by atoms with van der Waals surface area (Å²) >= 11 is 1.43. The second-order valence-corrected chi connectivity index (χ2v) is 4.83. The first-order valence-corrected chi connectivity index (χ1v) is 6.56. The summed E-state index contributed by atoms with van der Waals surface area (Å²) < 4.78 is 37.7. The Bertz CT molecular complexity index is 596. The quantitative estimate of drug-likeness (QED) is 0.874. The van der Waals surface area contributed by atoms with Gasteiger partial charge in [0.15, 0.2) is 0 Å². The first-order valence-electron chi connectivity index (χ1n) is 5.62. The van der Waals surface area contributed by atoms with Crippen molar-refractivity contribution in [1.82, 2.24) is 0 Å². The minimum absolute atomic E-state index is 0.104. The SMILES string of the molecule is CN(C(=O)Nc1cccc(C(F)(F)F)c1)c1ccsc1. The van der Waals surface area contributed by atoms with Crippen LogP contribution in [0.1, 0.15) is 5.56 Å². The molecule has 0 aliphatic rings. The Morgan fingerprint density at radius 3 is 2.65 bits per heavy atom. The summed E-state index contributed by atoms with van der Waals surface area (Å²) in [5, 5.41) is 6.01. The lowest BCUT2D eigenvalue weighted by Gasteiger charge is -2.17. The molecule has 1 aromatic heterocycles. The van der Waals surface area contributed by atoms with Crippen molar-refractivity contribution >= 4 is 28.7 Å². The standard InChI is InChI=1S/C13H11F3N2OS/c1-18(11-5-6-20-8-11)12(19)17-10-4-2-3-9(7-10)13(14,15)16/h2-8H,1H3,(H,17,19). The third-order valence-electron chi connectivity index (χ3n) is 2.64. The Kier molecular flexibility index (Phi) is 3.99. The summed E-state index contributed by atoms with van der Waals surface area (Å²) in [5.41, 5.74) is -0.0140. The number of urea groups is 1. The molecule has 1 aromatic carbocycles. The summed E-state index contributed by atoms with van der Waals surface area (Å²) in [4.78, 5) is 13.2. The third-order valence-corrected chi connectivity index (χ3v) is 3.31. The maximum absolute atomic E-state index is 12.6. The van der Waals surface area contributed by atoms with E-state index in [1.54, 1.807) is 18.5 Å². The predicted octanol–water partition coefficient (Wildman–Crippen LogP) is 4.44. The van der Waals surface area contributed by atoms with Gasteiger partial charge in [-0.05, 0) is 29.6 Å². The van der Waals surface area contributed by atoms with E-state index in [4.69, 9.17) is 0 Å². The first kappa shape index (κ1) is 14.4. The smallest absolute Gasteiger partial charge is 0.308 e. The van der Waals surface area contributed by atoms with Crippen molar-refractivity contribution in [1.29, 1.82) is 0 Å². The molecule has 0 spiro atoms. The number of carbonyl (C=O) groups excluding carboxylic acids is 1. The number of nitrogens with zero attached hydrogens (tertiary/aromatic N) is 1. The molecule has 2 aromatic rings. The van der Waals surface area contributed by atoms with E-state index in [2.05, 4.69) is 5.32 Å². The predicted molar refractivity (Wildman–Crippen MR) is 73.2 cm³/mol. The number of alkyl halides is 3. The highest BCUT2D eigenvalue weighted by Gasteiger charge is 2.30. The normalized spacial score (nSPS) is 11.2. The fraction of sp³-hybridized carbons (Fsp3) is 0.154. The second-order valence-electron chi connectivity index (χ2n) is 4.05. The number of rotatable bonds is 2. The highest BCUT2D eigenvalue weighted by molar-refractivity contribution is 7.08. The topological polar surface area (TPSA) is 32.3 Å². The zero-order chi connectivity index (χ0) is 14.8. The van der Waals surface area contributed by atoms with Crippen molar-refractivity contribution < 1.29 is 18.0 Å². The number of anilines is 2. The Morgan fingerprint density at radius 2 is 2.05 bits per heavy atom. The number of benzene rings is 1. The van der Waals surface area contributed by atoms with Gasteiger partial charge >= 0.3 is 12.2 Å². The lowest BCUT2D eigenvalue weighted by Crippen LogP contribution is -2.30. The van der Waals surface area contributed by atoms with E-state index in [-0.39, 0.29) is 5.69 Å². The molecule has 0 aliphatic heterocycles. The minimum Gasteiger partial charge on any atom is -0.308 e. The molecule has 0 fully saturated rings. The van der Waals surface area contributed by atoms with Crippen molar-refractivity contribution in [3.05, 3.63) is 46.7 Å². The first-order chi connectivity index (χ1) is 9.38. The highest BCUT2D eigenvalue weighted by atomic mass is 32.1. The van der Waals surface area contributed by atoms with Gasteiger partial charge in [-0.25, -0.2) is 4.79 Å². The average Bonchev–Trinajstić information content (AvgIpc) is 2.91. The van der Waals surface area contributed by atoms with Crippen molar-refractivity contribution in [2.75, 3.05) is 17.3 Å². The van der Waals surface area contributed by atoms with Crippen molar-refractivity contribution in [3.63, 3.8) is 0 Å². The van der Waals surface area contributed by atoms with Gasteiger partial charge in [-0.15, -0.1) is 0 Å². The maximum atomic E-state index is 12.6. The summed E-state index contributed by atoms with van der Waals surface area (Å²) in [7, 11) is 1.55. The van der Waals surface area contributed by atoms with Crippen LogP contribution in [0.3, 0.4) is 0 Å². The number of thiophene rings is 1. The molecule has 0 aliphatic carbocycles. The summed E-state index contributed by atoms with van der Waals surface area (Å²) in [6.45, 7) is 0. The Hall–Kier alpha value is -2.02. The zero-order valence-electron chi connectivity index (χ0n) is 10.4. The molecule has 0 atom stereocenters. The van der Waals surface area contributed by atoms with Crippen LogP contribution >= 0.6 is 11.3 Å². The van der Waals surface area contributed by atoms with E-state index in [0.717, 1.165) is 12.1 Å². The van der Waals surface area contributed by atoms with E-state index in [1.165, 1.54) is 28.4 Å². The largest absolute Gasteiger partial charge is 0.416 e. The fourth-order valence-electron chi connectivity index (χ4n) is 1.55. The van der Waals surface area contributed by atoms with Gasteiger partial charge in [-0.2, -0.15) is 24.5 Å². The molecule has 3 nitrogen and oxygen atoms in total. The monoisotopic (exact) mass is 300 g/mol. The lowest BCUT2D eigenvalue weighted by atomic mass is 10.2. The van der Waals surface area contributed by atoms with Crippen LogP contribution in [0.25, 0.3) is 0 Å². The molecular weight excluding hydrogens is 289 g/mol. The number of hydrogen-bond donors (Lipinski definition) is 1. The molecule has 7 heteroatoms. The maximum Gasteiger partial charge on any atom is 0.416 e. The molecule has 20 heavy (non-hydrogen) atoms. The molecule has 0 unspecified atom stereocenters. The summed E-state index contributed by atoms with van der Waals surface area (Å²) in [5.74, 6) is 0. The Labute approximate surface area is 117 Å². The van der Waals surface area contributed by atoms with Crippen molar-refractivity contribution in [2.24, 2.45) is 0 Å². The zero-order valence-corrected chi connectivity index (χ0v) is 11.3. The molecule has 2 amide bonds. The molecule has 2 rings (SSSR count). The molecule has 0 saturated heterocycles. The van der Waals surface area contributed by atoms with Crippen molar-refractivity contribution in [2.45, 2.75) is 6.18 Å². The van der Waals surface area contributed by atoms with Crippen LogP contribution in [-0.2, 0) is 6.18 Å². The number of hydrogen-bond acceptors (Lipinski definition) is 2. The molecule has 1 N–H and O–H groups in total. The number of halogens is 3. The summed E-state index contributed by atoms with van der Waals surface area (Å²) in [6, 6.07) is 5.77. The third kappa shape index (κ3) is 3.30. The van der Waals surface area contributed by atoms with Gasteiger partial charge < -0.3 is 5.32 Å². The lowest BCUT2D eigenvalue weighted by molar-refractivity contribution is -0.137. The van der Waals surface area contributed by atoms with E-state index in [0.29, 0.717) is 5.69 Å². The van der Waals surface area contributed by atoms with Crippen LogP contribution < -0.4 is 10.2 Å². The number of carbonyl (C=O) groups is 1. The highest BCUT2D eigenvalue weighted by Crippen LogP contribution is 2.30. The Balaban J connectivity index is 2.12. The average molecular weight is 300 g/mol. The fourth-order valence-corrected chi connectivity index (χ4v) is 2.22. The van der Waals surface area contributed by atoms with Gasteiger partial charge in [-0.3, -0.25) is 4.90 Å². The van der Waals surface area contributed by atoms with Crippen LogP contribution in [0, 0.1) is 0 Å². The van der Waals surface area contributed by atoms with E-state index in [1.807, 2.05) is 5.38 Å². The molecular formula is C13H11F3N2OS. The van der Waals surface area contributed by atoms with Crippen LogP contribution in [0.4, 0.5) is 29.3 Å². The van der Waals surface area contributed by atoms with Gasteiger partial charge in [0.25, 0.3) is 0 Å². The minimum atomic E-state index is -4.43. The van der Waals surface area contributed by atoms with Gasteiger partial charge in [0.1, 0.15) is 0 Å². The molecule has 0 bridgehead atoms. The van der Waals surface area contributed by atoms with Crippen LogP contribution in [0.5, 0.6) is 0 Å². The molecule has 1 heterocycles. The van der Waals surface area contributed by atoms with Gasteiger partial charge in [0.2, 0.25) is 0 Å². The van der Waals surface area contributed by atoms with E-state index >= 15 is 0 Å². The van der Waals surface area contributed by atoms with Crippen LogP contribution in [0.15, 0.2) is 41.1 Å². The van der Waals surface area contributed by atoms with Gasteiger partial charge in [0, 0.05) is 18.1 Å². The Morgan fingerprint density at radius 1 is 1.30 bits per heavy atom. The second kappa shape index (κ2) is 5.54. The number of nitrogens with one attached hydrogen (secondary N) is 1.